The summed E-state index contributed by atoms with van der Waals surface area (Å²) in [4.78, 5) is 1.23. The first kappa shape index (κ1) is 14.5. The number of nitrogens with one attached hydrogen (secondary N) is 1. The van der Waals surface area contributed by atoms with Gasteiger partial charge in [-0.15, -0.1) is 11.3 Å². The molecule has 0 aliphatic heterocycles. The van der Waals surface area contributed by atoms with E-state index in [9.17, 15) is 4.39 Å². The zero-order valence-corrected chi connectivity index (χ0v) is 12.6. The van der Waals surface area contributed by atoms with E-state index >= 15 is 0 Å². The minimum Gasteiger partial charge on any atom is -0.310 e. The van der Waals surface area contributed by atoms with Crippen molar-refractivity contribution in [3.8, 4) is 0 Å². The first-order valence-corrected chi connectivity index (χ1v) is 7.53. The third-order valence-electron chi connectivity index (χ3n) is 3.07. The van der Waals surface area contributed by atoms with E-state index in [2.05, 4.69) is 12.2 Å². The van der Waals surface area contributed by atoms with Crippen molar-refractivity contribution in [2.24, 2.45) is 0 Å². The maximum absolute atomic E-state index is 13.3. The van der Waals surface area contributed by atoms with E-state index in [0.717, 1.165) is 22.9 Å². The summed E-state index contributed by atoms with van der Waals surface area (Å²) in [5.74, 6) is -0.154. The van der Waals surface area contributed by atoms with Gasteiger partial charge >= 0.3 is 0 Å². The molecule has 0 saturated carbocycles. The SMILES string of the molecule is CCNC(Cc1ccc(Cl)s1)c1ccc(F)c(C)c1. The summed E-state index contributed by atoms with van der Waals surface area (Å²) in [5, 5.41) is 3.44. The maximum atomic E-state index is 13.3. The fourth-order valence-corrected chi connectivity index (χ4v) is 3.23. The number of hydrogen-bond donors (Lipinski definition) is 1. The minimum absolute atomic E-state index is 0.154. The molecule has 0 fully saturated rings. The van der Waals surface area contributed by atoms with Crippen molar-refractivity contribution in [1.29, 1.82) is 0 Å². The number of halogens is 2. The molecular weight excluding hydrogens is 281 g/mol. The molecule has 2 aromatic rings. The Balaban J connectivity index is 2.21. The van der Waals surface area contributed by atoms with Crippen LogP contribution in [-0.4, -0.2) is 6.54 Å². The second kappa shape index (κ2) is 6.51. The van der Waals surface area contributed by atoms with E-state index in [-0.39, 0.29) is 11.9 Å². The predicted octanol–water partition coefficient (Wildman–Crippen LogP) is 4.74. The zero-order valence-electron chi connectivity index (χ0n) is 11.0. The molecule has 1 unspecified atom stereocenters. The second-order valence-electron chi connectivity index (χ2n) is 4.53. The van der Waals surface area contributed by atoms with E-state index in [1.54, 1.807) is 18.3 Å². The molecular formula is C15H17ClFNS. The molecule has 19 heavy (non-hydrogen) atoms. The Labute approximate surface area is 122 Å². The Morgan fingerprint density at radius 3 is 2.68 bits per heavy atom. The van der Waals surface area contributed by atoms with Crippen LogP contribution in [0.5, 0.6) is 0 Å². The van der Waals surface area contributed by atoms with Crippen LogP contribution in [0.1, 0.15) is 29.0 Å². The Morgan fingerprint density at radius 2 is 2.11 bits per heavy atom. The van der Waals surface area contributed by atoms with E-state index in [1.807, 2.05) is 24.3 Å². The highest BCUT2D eigenvalue weighted by Crippen LogP contribution is 2.27. The van der Waals surface area contributed by atoms with Crippen molar-refractivity contribution < 1.29 is 4.39 Å². The van der Waals surface area contributed by atoms with Crippen LogP contribution in [0.15, 0.2) is 30.3 Å². The van der Waals surface area contributed by atoms with Crippen molar-refractivity contribution in [1.82, 2.24) is 5.32 Å². The van der Waals surface area contributed by atoms with Gasteiger partial charge in [-0.2, -0.15) is 0 Å². The summed E-state index contributed by atoms with van der Waals surface area (Å²) >= 11 is 7.56. The van der Waals surface area contributed by atoms with Gasteiger partial charge < -0.3 is 5.32 Å². The Kier molecular flexibility index (Phi) is 4.97. The van der Waals surface area contributed by atoms with Crippen molar-refractivity contribution in [3.63, 3.8) is 0 Å². The van der Waals surface area contributed by atoms with Crippen LogP contribution < -0.4 is 5.32 Å². The highest BCUT2D eigenvalue weighted by Gasteiger charge is 2.13. The van der Waals surface area contributed by atoms with Gasteiger partial charge in [-0.25, -0.2) is 4.39 Å². The molecule has 1 aromatic heterocycles. The van der Waals surface area contributed by atoms with E-state index in [1.165, 1.54) is 10.9 Å². The zero-order chi connectivity index (χ0) is 13.8. The Morgan fingerprint density at radius 1 is 1.32 bits per heavy atom. The third-order valence-corrected chi connectivity index (χ3v) is 4.32. The first-order valence-electron chi connectivity index (χ1n) is 6.33. The van der Waals surface area contributed by atoms with Gasteiger partial charge in [0.15, 0.2) is 0 Å². The van der Waals surface area contributed by atoms with Gasteiger partial charge in [0.1, 0.15) is 5.82 Å². The van der Waals surface area contributed by atoms with Crippen molar-refractivity contribution in [2.45, 2.75) is 26.3 Å². The molecule has 1 aromatic carbocycles. The molecule has 4 heteroatoms. The lowest BCUT2D eigenvalue weighted by atomic mass is 10.0. The topological polar surface area (TPSA) is 12.0 Å². The van der Waals surface area contributed by atoms with E-state index in [4.69, 9.17) is 11.6 Å². The minimum atomic E-state index is -0.154. The van der Waals surface area contributed by atoms with Crippen molar-refractivity contribution in [3.05, 3.63) is 56.5 Å². The molecule has 0 bridgehead atoms. The van der Waals surface area contributed by atoms with Crippen LogP contribution in [0, 0.1) is 12.7 Å². The van der Waals surface area contributed by atoms with Gasteiger partial charge in [-0.1, -0.05) is 30.7 Å². The molecule has 0 saturated heterocycles. The molecule has 0 amide bonds. The summed E-state index contributed by atoms with van der Waals surface area (Å²) in [5.41, 5.74) is 1.80. The van der Waals surface area contributed by atoms with Crippen LogP contribution in [0.3, 0.4) is 0 Å². The summed E-state index contributed by atoms with van der Waals surface area (Å²) in [6.07, 6.45) is 0.871. The maximum Gasteiger partial charge on any atom is 0.126 e. The average molecular weight is 298 g/mol. The lowest BCUT2D eigenvalue weighted by Crippen LogP contribution is -2.22. The monoisotopic (exact) mass is 297 g/mol. The number of likely N-dealkylation sites (N-methyl/N-ethyl adjacent to an activating group) is 1. The van der Waals surface area contributed by atoms with Crippen molar-refractivity contribution in [2.75, 3.05) is 6.54 Å². The van der Waals surface area contributed by atoms with Gasteiger partial charge in [0.05, 0.1) is 4.34 Å². The fraction of sp³-hybridized carbons (Fsp3) is 0.333. The molecule has 1 N–H and O–H groups in total. The first-order chi connectivity index (χ1) is 9.10. The average Bonchev–Trinajstić information content (AvgIpc) is 2.78. The highest BCUT2D eigenvalue weighted by molar-refractivity contribution is 7.16. The molecule has 0 aliphatic rings. The molecule has 1 atom stereocenters. The van der Waals surface area contributed by atoms with Gasteiger partial charge in [0.25, 0.3) is 0 Å². The standard InChI is InChI=1S/C15H17ClFNS/c1-3-18-14(9-12-5-7-15(16)19-12)11-4-6-13(17)10(2)8-11/h4-8,14,18H,3,9H2,1-2H3. The van der Waals surface area contributed by atoms with Gasteiger partial charge in [0.2, 0.25) is 0 Å². The summed E-state index contributed by atoms with van der Waals surface area (Å²) < 4.78 is 14.1. The number of hydrogen-bond acceptors (Lipinski definition) is 2. The van der Waals surface area contributed by atoms with Gasteiger partial charge in [-0.05, 0) is 42.8 Å². The fourth-order valence-electron chi connectivity index (χ4n) is 2.10. The van der Waals surface area contributed by atoms with Crippen LogP contribution in [0.25, 0.3) is 0 Å². The van der Waals surface area contributed by atoms with Crippen LogP contribution >= 0.6 is 22.9 Å². The summed E-state index contributed by atoms with van der Waals surface area (Å²) in [7, 11) is 0. The molecule has 2 rings (SSSR count). The Hall–Kier alpha value is -0.900. The van der Waals surface area contributed by atoms with Gasteiger partial charge in [0, 0.05) is 17.3 Å². The predicted molar refractivity (Wildman–Crippen MR) is 80.6 cm³/mol. The quantitative estimate of drug-likeness (QED) is 0.840. The second-order valence-corrected chi connectivity index (χ2v) is 6.33. The van der Waals surface area contributed by atoms with E-state index in [0.29, 0.717) is 5.56 Å². The smallest absolute Gasteiger partial charge is 0.126 e. The third kappa shape index (κ3) is 3.78. The number of benzene rings is 1. The van der Waals surface area contributed by atoms with Gasteiger partial charge in [-0.3, -0.25) is 0 Å². The molecule has 102 valence electrons. The summed E-state index contributed by atoms with van der Waals surface area (Å²) in [6.45, 7) is 4.74. The molecule has 0 aliphatic carbocycles. The van der Waals surface area contributed by atoms with Crippen LogP contribution in [0.4, 0.5) is 4.39 Å². The van der Waals surface area contributed by atoms with Crippen molar-refractivity contribution >= 4 is 22.9 Å². The largest absolute Gasteiger partial charge is 0.310 e. The molecule has 0 spiro atoms. The Bertz CT molecular complexity index is 553. The van der Waals surface area contributed by atoms with Crippen LogP contribution in [0.2, 0.25) is 4.34 Å². The molecule has 1 heterocycles. The lowest BCUT2D eigenvalue weighted by Gasteiger charge is -2.18. The number of thiophene rings is 1. The number of rotatable bonds is 5. The van der Waals surface area contributed by atoms with E-state index < -0.39 is 0 Å². The molecule has 1 nitrogen and oxygen atoms in total. The summed E-state index contributed by atoms with van der Waals surface area (Å²) in [6, 6.07) is 9.46. The highest BCUT2D eigenvalue weighted by atomic mass is 35.5. The lowest BCUT2D eigenvalue weighted by molar-refractivity contribution is 0.549. The molecule has 0 radical (unpaired) electrons. The number of aryl methyl sites for hydroxylation is 1. The normalized spacial score (nSPS) is 12.6. The van der Waals surface area contributed by atoms with Crippen LogP contribution in [-0.2, 0) is 6.42 Å².